The fourth-order valence-corrected chi connectivity index (χ4v) is 4.68. The third kappa shape index (κ3) is 7.03. The summed E-state index contributed by atoms with van der Waals surface area (Å²) in [5.41, 5.74) is 1.55. The summed E-state index contributed by atoms with van der Waals surface area (Å²) in [7, 11) is -3.80. The molecule has 0 unspecified atom stereocenters. The van der Waals surface area contributed by atoms with Crippen LogP contribution in [0.2, 0.25) is 5.02 Å². The van der Waals surface area contributed by atoms with Crippen LogP contribution in [-0.2, 0) is 16.4 Å². The number of rotatable bonds is 4. The number of amides is 2. The standard InChI is InChI=1S/C15H22N2O3S.C8H5ClN2O/c1-2-12-8-10-14(11-9-12)21(19,20)17-15(18)16-13-6-4-3-5-7-13;9-5-1-2-7-6(3-5)8(12)11-4-10-7/h8-11,13H,2-7H2,1H3,(H2,16,17,18);1-4H,(H,10,11,12). The third-order valence-corrected chi connectivity index (χ3v) is 6.99. The number of benzene rings is 2. The summed E-state index contributed by atoms with van der Waals surface area (Å²) < 4.78 is 26.3. The number of aryl methyl sites for hydroxylation is 1. The molecule has 33 heavy (non-hydrogen) atoms. The first kappa shape index (κ1) is 24.7. The van der Waals surface area contributed by atoms with E-state index in [1.807, 2.05) is 6.92 Å². The molecule has 0 atom stereocenters. The van der Waals surface area contributed by atoms with E-state index in [1.54, 1.807) is 30.3 Å². The van der Waals surface area contributed by atoms with Crippen LogP contribution in [0, 0.1) is 0 Å². The molecule has 0 spiro atoms. The number of sulfonamides is 1. The molecule has 1 fully saturated rings. The predicted octanol–water partition coefficient (Wildman–Crippen LogP) is 4.15. The Morgan fingerprint density at radius 3 is 2.48 bits per heavy atom. The van der Waals surface area contributed by atoms with Crippen LogP contribution in [0.1, 0.15) is 44.6 Å². The van der Waals surface area contributed by atoms with Crippen LogP contribution in [0.4, 0.5) is 4.79 Å². The zero-order chi connectivity index (χ0) is 23.8. The number of hydrogen-bond acceptors (Lipinski definition) is 5. The van der Waals surface area contributed by atoms with Crippen molar-refractivity contribution in [3.63, 3.8) is 0 Å². The number of H-pyrrole nitrogens is 1. The second-order valence-corrected chi connectivity index (χ2v) is 9.92. The summed E-state index contributed by atoms with van der Waals surface area (Å²) in [5, 5.41) is 3.80. The Bertz CT molecular complexity index is 1250. The highest BCUT2D eigenvalue weighted by Gasteiger charge is 2.21. The van der Waals surface area contributed by atoms with E-state index in [1.165, 1.54) is 24.9 Å². The molecule has 176 valence electrons. The minimum atomic E-state index is -3.80. The summed E-state index contributed by atoms with van der Waals surface area (Å²) in [5.74, 6) is 0. The van der Waals surface area contributed by atoms with Gasteiger partial charge in [0.2, 0.25) is 0 Å². The van der Waals surface area contributed by atoms with Gasteiger partial charge in [0.1, 0.15) is 0 Å². The van der Waals surface area contributed by atoms with Crippen molar-refractivity contribution in [3.05, 3.63) is 69.7 Å². The number of nitrogens with one attached hydrogen (secondary N) is 3. The summed E-state index contributed by atoms with van der Waals surface area (Å²) in [6.07, 6.45) is 7.39. The van der Waals surface area contributed by atoms with Gasteiger partial charge in [-0.2, -0.15) is 0 Å². The molecule has 1 aliphatic rings. The molecular formula is C23H27ClN4O4S. The molecule has 1 saturated carbocycles. The van der Waals surface area contributed by atoms with Crippen molar-refractivity contribution in [2.24, 2.45) is 0 Å². The molecular weight excluding hydrogens is 464 g/mol. The topological polar surface area (TPSA) is 121 Å². The predicted molar refractivity (Wildman–Crippen MR) is 129 cm³/mol. The second-order valence-electron chi connectivity index (χ2n) is 7.80. The first-order chi connectivity index (χ1) is 15.8. The van der Waals surface area contributed by atoms with Gasteiger partial charge in [0, 0.05) is 11.1 Å². The van der Waals surface area contributed by atoms with Gasteiger partial charge in [0.05, 0.1) is 22.1 Å². The molecule has 3 N–H and O–H groups in total. The number of carbonyl (C=O) groups is 1. The normalized spacial score (nSPS) is 14.2. The van der Waals surface area contributed by atoms with Gasteiger partial charge in [-0.15, -0.1) is 0 Å². The van der Waals surface area contributed by atoms with E-state index in [2.05, 4.69) is 20.0 Å². The Balaban J connectivity index is 0.000000215. The van der Waals surface area contributed by atoms with Gasteiger partial charge in [-0.1, -0.05) is 49.9 Å². The second kappa shape index (κ2) is 11.3. The van der Waals surface area contributed by atoms with E-state index in [-0.39, 0.29) is 16.5 Å². The van der Waals surface area contributed by atoms with E-state index in [4.69, 9.17) is 11.6 Å². The van der Waals surface area contributed by atoms with E-state index in [0.717, 1.165) is 37.7 Å². The molecule has 0 aliphatic heterocycles. The van der Waals surface area contributed by atoms with Crippen LogP contribution in [0.15, 0.2) is 58.5 Å². The number of nitrogens with zero attached hydrogens (tertiary/aromatic N) is 1. The number of aromatic nitrogens is 2. The lowest BCUT2D eigenvalue weighted by molar-refractivity contribution is 0.237. The molecule has 0 saturated heterocycles. The van der Waals surface area contributed by atoms with Crippen molar-refractivity contribution >= 4 is 38.6 Å². The fourth-order valence-electron chi connectivity index (χ4n) is 3.59. The number of fused-ring (bicyclic) bond motifs is 1. The lowest BCUT2D eigenvalue weighted by Gasteiger charge is -2.22. The highest BCUT2D eigenvalue weighted by Crippen LogP contribution is 2.17. The zero-order valence-corrected chi connectivity index (χ0v) is 19.9. The molecule has 1 aliphatic carbocycles. The smallest absolute Gasteiger partial charge is 0.328 e. The Labute approximate surface area is 197 Å². The molecule has 8 nitrogen and oxygen atoms in total. The minimum Gasteiger partial charge on any atom is -0.335 e. The van der Waals surface area contributed by atoms with Crippen LogP contribution in [-0.4, -0.2) is 30.5 Å². The van der Waals surface area contributed by atoms with Crippen molar-refractivity contribution in [1.29, 1.82) is 0 Å². The molecule has 4 rings (SSSR count). The van der Waals surface area contributed by atoms with Gasteiger partial charge in [0.25, 0.3) is 15.6 Å². The van der Waals surface area contributed by atoms with Gasteiger partial charge in [-0.05, 0) is 55.2 Å². The largest absolute Gasteiger partial charge is 0.335 e. The van der Waals surface area contributed by atoms with Crippen molar-refractivity contribution < 1.29 is 13.2 Å². The third-order valence-electron chi connectivity index (χ3n) is 5.41. The van der Waals surface area contributed by atoms with Gasteiger partial charge >= 0.3 is 6.03 Å². The summed E-state index contributed by atoms with van der Waals surface area (Å²) >= 11 is 5.71. The van der Waals surface area contributed by atoms with E-state index >= 15 is 0 Å². The first-order valence-corrected chi connectivity index (χ1v) is 12.7. The summed E-state index contributed by atoms with van der Waals surface area (Å²) in [4.78, 5) is 29.6. The fraction of sp³-hybridized carbons (Fsp3) is 0.348. The van der Waals surface area contributed by atoms with Crippen LogP contribution < -0.4 is 15.6 Å². The minimum absolute atomic E-state index is 0.0800. The number of urea groups is 1. The highest BCUT2D eigenvalue weighted by atomic mass is 35.5. The molecule has 1 heterocycles. The number of halogens is 1. The quantitative estimate of drug-likeness (QED) is 0.507. The molecule has 1 aromatic heterocycles. The van der Waals surface area contributed by atoms with Gasteiger partial charge in [-0.25, -0.2) is 22.9 Å². The van der Waals surface area contributed by atoms with Gasteiger partial charge in [-0.3, -0.25) is 4.79 Å². The Morgan fingerprint density at radius 2 is 1.82 bits per heavy atom. The van der Waals surface area contributed by atoms with Crippen LogP contribution in [0.25, 0.3) is 10.9 Å². The van der Waals surface area contributed by atoms with Gasteiger partial charge < -0.3 is 10.3 Å². The van der Waals surface area contributed by atoms with Crippen molar-refractivity contribution in [2.45, 2.75) is 56.4 Å². The van der Waals surface area contributed by atoms with Gasteiger partial charge in [0.15, 0.2) is 0 Å². The van der Waals surface area contributed by atoms with E-state index in [0.29, 0.717) is 15.9 Å². The SMILES string of the molecule is CCc1ccc(S(=O)(=O)NC(=O)NC2CCCCC2)cc1.O=c1[nH]cnc2ccc(Cl)cc12. The van der Waals surface area contributed by atoms with Crippen LogP contribution in [0.5, 0.6) is 0 Å². The maximum atomic E-state index is 12.1. The Morgan fingerprint density at radius 1 is 1.12 bits per heavy atom. The number of carbonyl (C=O) groups excluding carboxylic acids is 1. The molecule has 10 heteroatoms. The monoisotopic (exact) mass is 490 g/mol. The average molecular weight is 491 g/mol. The lowest BCUT2D eigenvalue weighted by Crippen LogP contribution is -2.45. The molecule has 0 radical (unpaired) electrons. The lowest BCUT2D eigenvalue weighted by atomic mass is 9.96. The number of hydrogen-bond donors (Lipinski definition) is 3. The van der Waals surface area contributed by atoms with E-state index < -0.39 is 16.1 Å². The van der Waals surface area contributed by atoms with E-state index in [9.17, 15) is 18.0 Å². The first-order valence-electron chi connectivity index (χ1n) is 10.8. The molecule has 3 aromatic rings. The maximum absolute atomic E-state index is 12.1. The summed E-state index contributed by atoms with van der Waals surface area (Å²) in [6, 6.07) is 11.0. The highest BCUT2D eigenvalue weighted by molar-refractivity contribution is 7.90. The molecule has 0 bridgehead atoms. The van der Waals surface area contributed by atoms with Crippen molar-refractivity contribution in [1.82, 2.24) is 20.0 Å². The summed E-state index contributed by atoms with van der Waals surface area (Å²) in [6.45, 7) is 2.00. The maximum Gasteiger partial charge on any atom is 0.328 e. The average Bonchev–Trinajstić information content (AvgIpc) is 2.80. The van der Waals surface area contributed by atoms with Crippen LogP contribution >= 0.6 is 11.6 Å². The van der Waals surface area contributed by atoms with Crippen molar-refractivity contribution in [2.75, 3.05) is 0 Å². The van der Waals surface area contributed by atoms with Crippen LogP contribution in [0.3, 0.4) is 0 Å². The molecule has 2 aromatic carbocycles. The van der Waals surface area contributed by atoms with Crippen molar-refractivity contribution in [3.8, 4) is 0 Å². The number of aromatic amines is 1. The zero-order valence-electron chi connectivity index (χ0n) is 18.3. The Hall–Kier alpha value is -2.91. The Kier molecular flexibility index (Phi) is 8.46. The molecule has 2 amide bonds.